The molecule has 0 saturated carbocycles. The predicted octanol–water partition coefficient (Wildman–Crippen LogP) is 4.56. The van der Waals surface area contributed by atoms with Crippen LogP contribution < -0.4 is 4.74 Å². The maximum absolute atomic E-state index is 11.2. The number of hydrogen-bond acceptors (Lipinski definition) is 2. The lowest BCUT2D eigenvalue weighted by atomic mass is 10.1. The van der Waals surface area contributed by atoms with Crippen LogP contribution in [-0.4, -0.2) is 11.1 Å². The zero-order valence-electron chi connectivity index (χ0n) is 10.6. The summed E-state index contributed by atoms with van der Waals surface area (Å²) in [6.45, 7) is 3.76. The minimum atomic E-state index is -0.994. The van der Waals surface area contributed by atoms with Gasteiger partial charge in [-0.25, -0.2) is 4.79 Å². The third-order valence-electron chi connectivity index (χ3n) is 2.74. The van der Waals surface area contributed by atoms with Gasteiger partial charge in [0.05, 0.1) is 0 Å². The van der Waals surface area contributed by atoms with Crippen molar-refractivity contribution in [3.05, 3.63) is 57.6 Å². The molecule has 98 valence electrons. The number of rotatable bonds is 3. The van der Waals surface area contributed by atoms with Crippen molar-refractivity contribution in [1.82, 2.24) is 0 Å². The molecule has 0 radical (unpaired) electrons. The smallest absolute Gasteiger partial charge is 0.339 e. The van der Waals surface area contributed by atoms with E-state index in [1.54, 1.807) is 12.1 Å². The first-order valence-corrected chi connectivity index (χ1v) is 6.54. The van der Waals surface area contributed by atoms with Gasteiger partial charge in [0.1, 0.15) is 17.1 Å². The summed E-state index contributed by atoms with van der Waals surface area (Å²) < 4.78 is 6.61. The Morgan fingerprint density at radius 3 is 2.53 bits per heavy atom. The molecule has 0 spiro atoms. The van der Waals surface area contributed by atoms with Crippen LogP contribution in [0.5, 0.6) is 11.5 Å². The van der Waals surface area contributed by atoms with E-state index in [4.69, 9.17) is 4.74 Å². The summed E-state index contributed by atoms with van der Waals surface area (Å²) in [6, 6.07) is 10.8. The molecule has 0 amide bonds. The molecule has 0 aliphatic heterocycles. The van der Waals surface area contributed by atoms with Crippen molar-refractivity contribution >= 4 is 21.9 Å². The van der Waals surface area contributed by atoms with E-state index in [2.05, 4.69) is 15.9 Å². The number of aryl methyl sites for hydroxylation is 2. The highest BCUT2D eigenvalue weighted by atomic mass is 79.9. The highest BCUT2D eigenvalue weighted by Gasteiger charge is 2.13. The Balaban J connectivity index is 2.43. The van der Waals surface area contributed by atoms with Gasteiger partial charge in [-0.05, 0) is 43.7 Å². The second-order valence-corrected chi connectivity index (χ2v) is 5.23. The third-order valence-corrected chi connectivity index (χ3v) is 3.23. The van der Waals surface area contributed by atoms with Crippen molar-refractivity contribution in [2.24, 2.45) is 0 Å². The van der Waals surface area contributed by atoms with Crippen molar-refractivity contribution in [2.75, 3.05) is 0 Å². The summed E-state index contributed by atoms with van der Waals surface area (Å²) in [6.07, 6.45) is 0. The van der Waals surface area contributed by atoms with Crippen LogP contribution in [0.15, 0.2) is 40.9 Å². The van der Waals surface area contributed by atoms with Crippen LogP contribution in [0, 0.1) is 13.8 Å². The maximum atomic E-state index is 11.2. The number of aromatic carboxylic acids is 1. The average molecular weight is 321 g/mol. The zero-order chi connectivity index (χ0) is 14.0. The normalized spacial score (nSPS) is 10.3. The first-order valence-electron chi connectivity index (χ1n) is 5.75. The Morgan fingerprint density at radius 1 is 1.11 bits per heavy atom. The lowest BCUT2D eigenvalue weighted by Crippen LogP contribution is -2.01. The van der Waals surface area contributed by atoms with E-state index >= 15 is 0 Å². The standard InChI is InChI=1S/C15H13BrO3/c1-9-3-6-13(12(7-9)15(17)18)19-14-8-11(16)5-4-10(14)2/h3-8H,1-2H3,(H,17,18). The van der Waals surface area contributed by atoms with Gasteiger partial charge in [-0.1, -0.05) is 33.6 Å². The number of halogens is 1. The number of carbonyl (C=O) groups is 1. The van der Waals surface area contributed by atoms with Crippen LogP contribution in [0.4, 0.5) is 0 Å². The zero-order valence-corrected chi connectivity index (χ0v) is 12.2. The van der Waals surface area contributed by atoms with Gasteiger partial charge < -0.3 is 9.84 Å². The Kier molecular flexibility index (Phi) is 3.90. The van der Waals surface area contributed by atoms with E-state index in [9.17, 15) is 9.90 Å². The lowest BCUT2D eigenvalue weighted by molar-refractivity contribution is 0.0694. The quantitative estimate of drug-likeness (QED) is 0.902. The molecule has 0 fully saturated rings. The van der Waals surface area contributed by atoms with E-state index < -0.39 is 5.97 Å². The van der Waals surface area contributed by atoms with Gasteiger partial charge in [0, 0.05) is 4.47 Å². The fraction of sp³-hybridized carbons (Fsp3) is 0.133. The Labute approximate surface area is 120 Å². The average Bonchev–Trinajstić information content (AvgIpc) is 2.35. The maximum Gasteiger partial charge on any atom is 0.339 e. The van der Waals surface area contributed by atoms with E-state index in [0.29, 0.717) is 11.5 Å². The molecule has 2 rings (SSSR count). The monoisotopic (exact) mass is 320 g/mol. The number of benzene rings is 2. The molecule has 1 N–H and O–H groups in total. The number of carboxylic acid groups (broad SMARTS) is 1. The molecule has 2 aromatic carbocycles. The second kappa shape index (κ2) is 5.45. The molecule has 19 heavy (non-hydrogen) atoms. The van der Waals surface area contributed by atoms with Gasteiger partial charge >= 0.3 is 5.97 Å². The van der Waals surface area contributed by atoms with Crippen LogP contribution >= 0.6 is 15.9 Å². The number of carboxylic acids is 1. The summed E-state index contributed by atoms with van der Waals surface area (Å²) in [5, 5.41) is 9.20. The minimum Gasteiger partial charge on any atom is -0.478 e. The molecular formula is C15H13BrO3. The summed E-state index contributed by atoms with van der Waals surface area (Å²) in [4.78, 5) is 11.2. The first kappa shape index (κ1) is 13.6. The Hall–Kier alpha value is -1.81. The van der Waals surface area contributed by atoms with Crippen molar-refractivity contribution in [1.29, 1.82) is 0 Å². The molecule has 0 atom stereocenters. The first-order chi connectivity index (χ1) is 8.97. The molecular weight excluding hydrogens is 308 g/mol. The van der Waals surface area contributed by atoms with Crippen molar-refractivity contribution < 1.29 is 14.6 Å². The molecule has 0 aliphatic carbocycles. The summed E-state index contributed by atoms with van der Waals surface area (Å²) >= 11 is 3.37. The summed E-state index contributed by atoms with van der Waals surface area (Å²) in [7, 11) is 0. The minimum absolute atomic E-state index is 0.166. The van der Waals surface area contributed by atoms with E-state index in [1.165, 1.54) is 0 Å². The fourth-order valence-electron chi connectivity index (χ4n) is 1.70. The van der Waals surface area contributed by atoms with Crippen LogP contribution in [0.2, 0.25) is 0 Å². The van der Waals surface area contributed by atoms with Gasteiger partial charge in [0.25, 0.3) is 0 Å². The molecule has 0 heterocycles. The largest absolute Gasteiger partial charge is 0.478 e. The lowest BCUT2D eigenvalue weighted by Gasteiger charge is -2.12. The highest BCUT2D eigenvalue weighted by Crippen LogP contribution is 2.30. The van der Waals surface area contributed by atoms with Gasteiger partial charge in [0.2, 0.25) is 0 Å². The summed E-state index contributed by atoms with van der Waals surface area (Å²) in [5.74, 6) is -0.00798. The fourth-order valence-corrected chi connectivity index (χ4v) is 2.04. The van der Waals surface area contributed by atoms with Crippen molar-refractivity contribution in [3.63, 3.8) is 0 Å². The number of ether oxygens (including phenoxy) is 1. The number of hydrogen-bond donors (Lipinski definition) is 1. The van der Waals surface area contributed by atoms with Crippen molar-refractivity contribution in [2.45, 2.75) is 13.8 Å². The second-order valence-electron chi connectivity index (χ2n) is 4.32. The van der Waals surface area contributed by atoms with Crippen LogP contribution in [0.1, 0.15) is 21.5 Å². The molecule has 0 saturated heterocycles. The summed E-state index contributed by atoms with van der Waals surface area (Å²) in [5.41, 5.74) is 2.00. The van der Waals surface area contributed by atoms with Gasteiger partial charge in [-0.15, -0.1) is 0 Å². The van der Waals surface area contributed by atoms with Gasteiger partial charge in [0.15, 0.2) is 0 Å². The topological polar surface area (TPSA) is 46.5 Å². The molecule has 4 heteroatoms. The third kappa shape index (κ3) is 3.15. The Bertz CT molecular complexity index is 635. The highest BCUT2D eigenvalue weighted by molar-refractivity contribution is 9.10. The predicted molar refractivity (Wildman–Crippen MR) is 77.1 cm³/mol. The van der Waals surface area contributed by atoms with E-state index in [1.807, 2.05) is 38.1 Å². The van der Waals surface area contributed by atoms with Crippen molar-refractivity contribution in [3.8, 4) is 11.5 Å². The molecule has 3 nitrogen and oxygen atoms in total. The van der Waals surface area contributed by atoms with Gasteiger partial charge in [-0.3, -0.25) is 0 Å². The van der Waals surface area contributed by atoms with E-state index in [-0.39, 0.29) is 5.56 Å². The molecule has 0 bridgehead atoms. The van der Waals surface area contributed by atoms with Crippen LogP contribution in [0.3, 0.4) is 0 Å². The SMILES string of the molecule is Cc1ccc(Oc2cc(Br)ccc2C)c(C(=O)O)c1. The molecule has 0 aliphatic rings. The molecule has 0 aromatic heterocycles. The molecule has 2 aromatic rings. The van der Waals surface area contributed by atoms with Crippen LogP contribution in [-0.2, 0) is 0 Å². The Morgan fingerprint density at radius 2 is 1.84 bits per heavy atom. The van der Waals surface area contributed by atoms with E-state index in [0.717, 1.165) is 15.6 Å². The molecule has 0 unspecified atom stereocenters. The van der Waals surface area contributed by atoms with Crippen LogP contribution in [0.25, 0.3) is 0 Å². The van der Waals surface area contributed by atoms with Gasteiger partial charge in [-0.2, -0.15) is 0 Å².